The molecule has 1 aliphatic carbocycles. The van der Waals surface area contributed by atoms with Gasteiger partial charge < -0.3 is 20.5 Å². The van der Waals surface area contributed by atoms with Crippen molar-refractivity contribution >= 4 is 23.4 Å². The Balaban J connectivity index is 1.44. The van der Waals surface area contributed by atoms with Gasteiger partial charge in [0, 0.05) is 37.6 Å². The van der Waals surface area contributed by atoms with E-state index < -0.39 is 17.8 Å². The molecule has 2 heterocycles. The number of benzene rings is 1. The van der Waals surface area contributed by atoms with Crippen molar-refractivity contribution in [3.05, 3.63) is 51.7 Å². The van der Waals surface area contributed by atoms with E-state index >= 15 is 0 Å². The maximum atomic E-state index is 12.9. The summed E-state index contributed by atoms with van der Waals surface area (Å²) in [5.74, 6) is -0.704. The first kappa shape index (κ1) is 25.5. The summed E-state index contributed by atoms with van der Waals surface area (Å²) in [5, 5.41) is 16.4. The number of hydrogen-bond donors (Lipinski definition) is 3. The van der Waals surface area contributed by atoms with Crippen LogP contribution >= 0.6 is 11.6 Å². The number of ether oxygens (including phenoxy) is 1. The van der Waals surface area contributed by atoms with E-state index in [2.05, 4.69) is 10.6 Å². The Hall–Kier alpha value is -2.62. The second kappa shape index (κ2) is 11.9. The van der Waals surface area contributed by atoms with Gasteiger partial charge in [-0.25, -0.2) is 4.79 Å². The molecule has 0 radical (unpaired) electrons. The molecule has 4 rings (SSSR count). The van der Waals surface area contributed by atoms with Gasteiger partial charge in [0.15, 0.2) is 0 Å². The Bertz CT molecular complexity index is 1080. The predicted molar refractivity (Wildman–Crippen MR) is 132 cm³/mol. The lowest BCUT2D eigenvalue weighted by molar-refractivity contribution is -0.123. The molecule has 1 aromatic heterocycles. The van der Waals surface area contributed by atoms with E-state index in [1.807, 2.05) is 0 Å². The van der Waals surface area contributed by atoms with Crippen LogP contribution in [-0.4, -0.2) is 51.5 Å². The van der Waals surface area contributed by atoms with Crippen LogP contribution in [0.4, 0.5) is 0 Å². The van der Waals surface area contributed by atoms with Crippen LogP contribution in [0, 0.1) is 5.92 Å². The first-order chi connectivity index (χ1) is 16.9. The molecule has 1 atom stereocenters. The van der Waals surface area contributed by atoms with Crippen molar-refractivity contribution in [2.24, 2.45) is 5.92 Å². The Morgan fingerprint density at radius 3 is 2.51 bits per heavy atom. The molecule has 10 heteroatoms. The lowest BCUT2D eigenvalue weighted by atomic mass is 9.98. The van der Waals surface area contributed by atoms with Crippen molar-refractivity contribution < 1.29 is 19.4 Å². The number of aliphatic hydroxyl groups is 1. The monoisotopic (exact) mass is 504 g/mol. The Labute approximate surface area is 209 Å². The molecule has 1 saturated carbocycles. The van der Waals surface area contributed by atoms with Gasteiger partial charge in [0.1, 0.15) is 12.8 Å². The van der Waals surface area contributed by atoms with Crippen LogP contribution < -0.4 is 16.3 Å². The minimum atomic E-state index is -0.946. The molecular weight excluding hydrogens is 472 g/mol. The van der Waals surface area contributed by atoms with Gasteiger partial charge in [-0.15, -0.1) is 0 Å². The quantitative estimate of drug-likeness (QED) is 0.396. The summed E-state index contributed by atoms with van der Waals surface area (Å²) in [4.78, 5) is 38.2. The number of amides is 2. The van der Waals surface area contributed by atoms with Crippen molar-refractivity contribution in [3.63, 3.8) is 0 Å². The summed E-state index contributed by atoms with van der Waals surface area (Å²) in [6.45, 7) is 1.13. The van der Waals surface area contributed by atoms with E-state index in [4.69, 9.17) is 16.3 Å². The summed E-state index contributed by atoms with van der Waals surface area (Å²) in [7, 11) is 0. The fourth-order valence-electron chi connectivity index (χ4n) is 4.79. The number of carbonyl (C=O) groups is 2. The number of imidazole rings is 1. The summed E-state index contributed by atoms with van der Waals surface area (Å²) in [6, 6.07) is 4.76. The molecule has 1 aromatic carbocycles. The molecule has 1 saturated heterocycles. The first-order valence-electron chi connectivity index (χ1n) is 12.4. The van der Waals surface area contributed by atoms with Gasteiger partial charge >= 0.3 is 5.69 Å². The lowest BCUT2D eigenvalue weighted by Gasteiger charge is -2.23. The SMILES string of the molecule is O=C(Cn1ccn(-c2ccc(Cl)c(C(=O)NC(O)C3CCCCCC3)c2)c1=O)NC1CCOCC1. The highest BCUT2D eigenvalue weighted by atomic mass is 35.5. The number of aliphatic hydroxyl groups excluding tert-OH is 1. The molecule has 35 heavy (non-hydrogen) atoms. The van der Waals surface area contributed by atoms with Crippen LogP contribution in [0.15, 0.2) is 35.4 Å². The van der Waals surface area contributed by atoms with Gasteiger partial charge in [-0.2, -0.15) is 0 Å². The van der Waals surface area contributed by atoms with Gasteiger partial charge in [0.05, 0.1) is 16.3 Å². The third-order valence-corrected chi connectivity index (χ3v) is 7.18. The molecular formula is C25H33ClN4O5. The van der Waals surface area contributed by atoms with E-state index in [0.717, 1.165) is 51.4 Å². The average molecular weight is 505 g/mol. The van der Waals surface area contributed by atoms with Crippen molar-refractivity contribution in [1.82, 2.24) is 19.8 Å². The maximum absolute atomic E-state index is 12.9. The second-order valence-corrected chi connectivity index (χ2v) is 9.77. The summed E-state index contributed by atoms with van der Waals surface area (Å²) < 4.78 is 7.98. The van der Waals surface area contributed by atoms with E-state index in [-0.39, 0.29) is 35.0 Å². The van der Waals surface area contributed by atoms with E-state index in [1.54, 1.807) is 18.3 Å². The average Bonchev–Trinajstić information content (AvgIpc) is 3.03. The van der Waals surface area contributed by atoms with Crippen molar-refractivity contribution in [3.8, 4) is 5.69 Å². The van der Waals surface area contributed by atoms with Crippen LogP contribution in [0.25, 0.3) is 5.69 Å². The topological polar surface area (TPSA) is 115 Å². The zero-order chi connectivity index (χ0) is 24.8. The molecule has 2 amide bonds. The number of nitrogens with zero attached hydrogens (tertiary/aromatic N) is 2. The number of aromatic nitrogens is 2. The minimum absolute atomic E-state index is 0.0207. The Kier molecular flexibility index (Phi) is 8.64. The normalized spacial score (nSPS) is 18.6. The Morgan fingerprint density at radius 1 is 1.09 bits per heavy atom. The second-order valence-electron chi connectivity index (χ2n) is 9.37. The van der Waals surface area contributed by atoms with Gasteiger partial charge in [0.2, 0.25) is 5.91 Å². The van der Waals surface area contributed by atoms with Gasteiger partial charge in [-0.3, -0.25) is 18.7 Å². The number of carbonyl (C=O) groups excluding carboxylic acids is 2. The smallest absolute Gasteiger partial charge is 0.333 e. The van der Waals surface area contributed by atoms with E-state index in [0.29, 0.717) is 18.9 Å². The Morgan fingerprint density at radius 2 is 1.80 bits per heavy atom. The molecule has 1 unspecified atom stereocenters. The highest BCUT2D eigenvalue weighted by Gasteiger charge is 2.24. The molecule has 2 fully saturated rings. The number of rotatable bonds is 7. The predicted octanol–water partition coefficient (Wildman–Crippen LogP) is 2.61. The third kappa shape index (κ3) is 6.54. The fraction of sp³-hybridized carbons (Fsp3) is 0.560. The molecule has 2 aromatic rings. The van der Waals surface area contributed by atoms with E-state index in [1.165, 1.54) is 21.4 Å². The molecule has 0 bridgehead atoms. The van der Waals surface area contributed by atoms with Crippen LogP contribution in [0.5, 0.6) is 0 Å². The van der Waals surface area contributed by atoms with Crippen LogP contribution in [0.2, 0.25) is 5.02 Å². The molecule has 3 N–H and O–H groups in total. The number of hydrogen-bond acceptors (Lipinski definition) is 5. The minimum Gasteiger partial charge on any atom is -0.381 e. The van der Waals surface area contributed by atoms with Gasteiger partial charge in [-0.05, 0) is 43.9 Å². The van der Waals surface area contributed by atoms with Crippen LogP contribution in [0.3, 0.4) is 0 Å². The molecule has 0 spiro atoms. The molecule has 1 aliphatic heterocycles. The lowest BCUT2D eigenvalue weighted by Crippen LogP contribution is -2.41. The van der Waals surface area contributed by atoms with Crippen LogP contribution in [-0.2, 0) is 16.1 Å². The van der Waals surface area contributed by atoms with Crippen molar-refractivity contribution in [2.45, 2.75) is 70.2 Å². The maximum Gasteiger partial charge on any atom is 0.333 e. The van der Waals surface area contributed by atoms with E-state index in [9.17, 15) is 19.5 Å². The van der Waals surface area contributed by atoms with Crippen molar-refractivity contribution in [2.75, 3.05) is 13.2 Å². The third-order valence-electron chi connectivity index (χ3n) is 6.85. The zero-order valence-electron chi connectivity index (χ0n) is 19.7. The molecule has 9 nitrogen and oxygen atoms in total. The summed E-state index contributed by atoms with van der Waals surface area (Å²) in [5.41, 5.74) is 0.213. The van der Waals surface area contributed by atoms with Gasteiger partial charge in [0.25, 0.3) is 5.91 Å². The fourth-order valence-corrected chi connectivity index (χ4v) is 5.00. The highest BCUT2D eigenvalue weighted by Crippen LogP contribution is 2.25. The summed E-state index contributed by atoms with van der Waals surface area (Å²) >= 11 is 6.28. The largest absolute Gasteiger partial charge is 0.381 e. The highest BCUT2D eigenvalue weighted by molar-refractivity contribution is 6.33. The zero-order valence-corrected chi connectivity index (χ0v) is 20.5. The number of nitrogens with one attached hydrogen (secondary N) is 2. The number of halogens is 1. The molecule has 190 valence electrons. The molecule has 2 aliphatic rings. The van der Waals surface area contributed by atoms with Crippen molar-refractivity contribution in [1.29, 1.82) is 0 Å². The summed E-state index contributed by atoms with van der Waals surface area (Å²) in [6.07, 6.45) is 9.79. The van der Waals surface area contributed by atoms with Crippen LogP contribution in [0.1, 0.15) is 61.7 Å². The first-order valence-corrected chi connectivity index (χ1v) is 12.7. The standard InChI is InChI=1S/C25H33ClN4O5/c26-21-8-7-19(15-20(21)24(33)28-23(32)17-5-3-1-2-4-6-17)30-12-11-29(25(30)34)16-22(31)27-18-9-13-35-14-10-18/h7-8,11-12,15,17-18,23,32H,1-6,9-10,13-14,16H2,(H,27,31)(H,28,33). The van der Waals surface area contributed by atoms with Gasteiger partial charge in [-0.1, -0.05) is 37.3 Å².